The molecule has 0 spiro atoms. The largest absolute Gasteiger partial charge is 0.377 e. The molecule has 0 aliphatic heterocycles. The van der Waals surface area contributed by atoms with E-state index in [1.165, 1.54) is 17.7 Å². The van der Waals surface area contributed by atoms with Crippen molar-refractivity contribution in [3.05, 3.63) is 64.4 Å². The maximum atomic E-state index is 13.1. The smallest absolute Gasteiger partial charge is 0.124 e. The summed E-state index contributed by atoms with van der Waals surface area (Å²) in [6, 6.07) is 12.2. The molecule has 0 aliphatic rings. The number of benzene rings is 2. The van der Waals surface area contributed by atoms with Gasteiger partial charge in [0.05, 0.1) is 6.04 Å². The van der Waals surface area contributed by atoms with Crippen LogP contribution in [0.3, 0.4) is 0 Å². The summed E-state index contributed by atoms with van der Waals surface area (Å²) in [5, 5.41) is 3.68. The van der Waals surface area contributed by atoms with Crippen molar-refractivity contribution in [1.29, 1.82) is 0 Å². The van der Waals surface area contributed by atoms with Crippen LogP contribution in [0.15, 0.2) is 42.5 Å². The lowest BCUT2D eigenvalue weighted by Crippen LogP contribution is -2.21. The monoisotopic (exact) mass is 278 g/mol. The summed E-state index contributed by atoms with van der Waals surface area (Å²) < 4.78 is 13.1. The lowest BCUT2D eigenvalue weighted by Gasteiger charge is -2.20. The highest BCUT2D eigenvalue weighted by Gasteiger charge is 2.13. The van der Waals surface area contributed by atoms with E-state index in [2.05, 4.69) is 5.32 Å². The Bertz CT molecular complexity index is 555. The zero-order valence-corrected chi connectivity index (χ0v) is 11.4. The van der Waals surface area contributed by atoms with Gasteiger partial charge < -0.3 is 11.1 Å². The molecule has 4 heteroatoms. The van der Waals surface area contributed by atoms with Gasteiger partial charge in [0.15, 0.2) is 0 Å². The normalized spacial score (nSPS) is 12.2. The van der Waals surface area contributed by atoms with Gasteiger partial charge in [0, 0.05) is 17.3 Å². The molecular formula is C15H16ClFN2. The minimum Gasteiger partial charge on any atom is -0.377 e. The fraction of sp³-hybridized carbons (Fsp3) is 0.200. The topological polar surface area (TPSA) is 38.0 Å². The van der Waals surface area contributed by atoms with Crippen molar-refractivity contribution in [3.8, 4) is 0 Å². The summed E-state index contributed by atoms with van der Waals surface area (Å²) in [5.74, 6) is -0.347. The third-order valence-corrected chi connectivity index (χ3v) is 3.29. The highest BCUT2D eigenvalue weighted by Crippen LogP contribution is 2.26. The summed E-state index contributed by atoms with van der Waals surface area (Å²) in [7, 11) is 0. The summed E-state index contributed by atoms with van der Waals surface area (Å²) in [5.41, 5.74) is 8.72. The van der Waals surface area contributed by atoms with Crippen molar-refractivity contribution in [2.45, 2.75) is 13.0 Å². The second kappa shape index (κ2) is 6.04. The van der Waals surface area contributed by atoms with E-state index in [1.807, 2.05) is 31.2 Å². The van der Waals surface area contributed by atoms with E-state index in [0.717, 1.165) is 11.3 Å². The predicted octanol–water partition coefficient (Wildman–Crippen LogP) is 3.90. The Balaban J connectivity index is 2.22. The van der Waals surface area contributed by atoms with E-state index >= 15 is 0 Å². The Morgan fingerprint density at radius 3 is 2.47 bits per heavy atom. The highest BCUT2D eigenvalue weighted by molar-refractivity contribution is 6.31. The Morgan fingerprint density at radius 2 is 1.89 bits per heavy atom. The maximum Gasteiger partial charge on any atom is 0.124 e. The maximum absolute atomic E-state index is 13.1. The van der Waals surface area contributed by atoms with Crippen molar-refractivity contribution >= 4 is 17.3 Å². The quantitative estimate of drug-likeness (QED) is 0.890. The first-order chi connectivity index (χ1) is 9.10. The van der Waals surface area contributed by atoms with Crippen LogP contribution in [-0.2, 0) is 0 Å². The van der Waals surface area contributed by atoms with E-state index in [9.17, 15) is 4.39 Å². The van der Waals surface area contributed by atoms with Gasteiger partial charge in [0.1, 0.15) is 5.82 Å². The molecule has 0 saturated heterocycles. The molecule has 3 N–H and O–H groups in total. The molecule has 0 saturated carbocycles. The van der Waals surface area contributed by atoms with Gasteiger partial charge in [-0.3, -0.25) is 0 Å². The first-order valence-corrected chi connectivity index (χ1v) is 6.46. The SMILES string of the molecule is Cc1ccc(NC(CN)c2ccc(F)cc2Cl)cc1. The van der Waals surface area contributed by atoms with Crippen LogP contribution in [0.2, 0.25) is 5.02 Å². The third kappa shape index (κ3) is 3.46. The highest BCUT2D eigenvalue weighted by atomic mass is 35.5. The number of halogens is 2. The van der Waals surface area contributed by atoms with Crippen molar-refractivity contribution in [1.82, 2.24) is 0 Å². The van der Waals surface area contributed by atoms with Crippen LogP contribution in [0.25, 0.3) is 0 Å². The van der Waals surface area contributed by atoms with Crippen LogP contribution in [0.1, 0.15) is 17.2 Å². The minimum absolute atomic E-state index is 0.143. The van der Waals surface area contributed by atoms with Crippen LogP contribution in [0.4, 0.5) is 10.1 Å². The molecule has 2 nitrogen and oxygen atoms in total. The molecule has 0 bridgehead atoms. The van der Waals surface area contributed by atoms with Gasteiger partial charge in [0.25, 0.3) is 0 Å². The number of rotatable bonds is 4. The molecule has 0 radical (unpaired) electrons. The minimum atomic E-state index is -0.347. The number of hydrogen-bond acceptors (Lipinski definition) is 2. The Morgan fingerprint density at radius 1 is 1.21 bits per heavy atom. The van der Waals surface area contributed by atoms with Gasteiger partial charge in [-0.2, -0.15) is 0 Å². The zero-order valence-electron chi connectivity index (χ0n) is 10.7. The van der Waals surface area contributed by atoms with Crippen molar-refractivity contribution in [3.63, 3.8) is 0 Å². The van der Waals surface area contributed by atoms with Gasteiger partial charge in [-0.05, 0) is 36.8 Å². The molecule has 100 valence electrons. The summed E-state index contributed by atoms with van der Waals surface area (Å²) in [4.78, 5) is 0. The molecule has 2 rings (SSSR count). The molecule has 0 aromatic heterocycles. The Kier molecular flexibility index (Phi) is 4.40. The summed E-state index contributed by atoms with van der Waals surface area (Å²) >= 11 is 6.06. The number of nitrogens with two attached hydrogens (primary N) is 1. The standard InChI is InChI=1S/C15H16ClFN2/c1-10-2-5-12(6-3-10)19-15(9-18)13-7-4-11(17)8-14(13)16/h2-8,15,19H,9,18H2,1H3. The molecule has 1 unspecified atom stereocenters. The molecular weight excluding hydrogens is 263 g/mol. The molecule has 0 heterocycles. The zero-order chi connectivity index (χ0) is 13.8. The second-order valence-corrected chi connectivity index (χ2v) is 4.87. The average molecular weight is 279 g/mol. The number of aryl methyl sites for hydroxylation is 1. The lowest BCUT2D eigenvalue weighted by atomic mass is 10.1. The van der Waals surface area contributed by atoms with E-state index in [1.54, 1.807) is 6.07 Å². The van der Waals surface area contributed by atoms with Crippen LogP contribution < -0.4 is 11.1 Å². The fourth-order valence-corrected chi connectivity index (χ4v) is 2.20. The number of hydrogen-bond donors (Lipinski definition) is 2. The van der Waals surface area contributed by atoms with Crippen LogP contribution in [0.5, 0.6) is 0 Å². The first kappa shape index (κ1) is 13.8. The Labute approximate surface area is 117 Å². The third-order valence-electron chi connectivity index (χ3n) is 2.97. The van der Waals surface area contributed by atoms with Crippen molar-refractivity contribution in [2.75, 3.05) is 11.9 Å². The van der Waals surface area contributed by atoms with Crippen molar-refractivity contribution < 1.29 is 4.39 Å². The van der Waals surface area contributed by atoms with Crippen molar-refractivity contribution in [2.24, 2.45) is 5.73 Å². The van der Waals surface area contributed by atoms with Gasteiger partial charge in [-0.15, -0.1) is 0 Å². The lowest BCUT2D eigenvalue weighted by molar-refractivity contribution is 0.626. The van der Waals surface area contributed by atoms with E-state index in [0.29, 0.717) is 11.6 Å². The van der Waals surface area contributed by atoms with Crippen LogP contribution >= 0.6 is 11.6 Å². The molecule has 2 aromatic carbocycles. The van der Waals surface area contributed by atoms with E-state index < -0.39 is 0 Å². The van der Waals surface area contributed by atoms with Gasteiger partial charge in [0.2, 0.25) is 0 Å². The second-order valence-electron chi connectivity index (χ2n) is 4.46. The van der Waals surface area contributed by atoms with Gasteiger partial charge in [-0.25, -0.2) is 4.39 Å². The Hall–Kier alpha value is -1.58. The molecule has 0 aliphatic carbocycles. The molecule has 0 amide bonds. The van der Waals surface area contributed by atoms with E-state index in [-0.39, 0.29) is 11.9 Å². The number of nitrogens with one attached hydrogen (secondary N) is 1. The van der Waals surface area contributed by atoms with Gasteiger partial charge in [-0.1, -0.05) is 35.4 Å². The summed E-state index contributed by atoms with van der Waals surface area (Å²) in [6.07, 6.45) is 0. The summed E-state index contributed by atoms with van der Waals surface area (Å²) in [6.45, 7) is 2.40. The molecule has 0 fully saturated rings. The molecule has 19 heavy (non-hydrogen) atoms. The number of anilines is 1. The fourth-order valence-electron chi connectivity index (χ4n) is 1.90. The van der Waals surface area contributed by atoms with E-state index in [4.69, 9.17) is 17.3 Å². The predicted molar refractivity (Wildman–Crippen MR) is 78.0 cm³/mol. The molecule has 1 atom stereocenters. The van der Waals surface area contributed by atoms with Crippen LogP contribution in [0, 0.1) is 12.7 Å². The van der Waals surface area contributed by atoms with Crippen LogP contribution in [-0.4, -0.2) is 6.54 Å². The first-order valence-electron chi connectivity index (χ1n) is 6.08. The average Bonchev–Trinajstić information content (AvgIpc) is 2.39. The molecule has 2 aromatic rings. The van der Waals surface area contributed by atoms with Gasteiger partial charge >= 0.3 is 0 Å².